The number of ether oxygens (including phenoxy) is 1. The summed E-state index contributed by atoms with van der Waals surface area (Å²) < 4.78 is 46.4. The van der Waals surface area contributed by atoms with Crippen LogP contribution >= 0.6 is 24.0 Å². The lowest BCUT2D eigenvalue weighted by Crippen LogP contribution is -2.51. The van der Waals surface area contributed by atoms with Gasteiger partial charge in [-0.1, -0.05) is 30.3 Å². The first-order valence-electron chi connectivity index (χ1n) is 9.80. The van der Waals surface area contributed by atoms with E-state index in [4.69, 9.17) is 4.74 Å². The third kappa shape index (κ3) is 7.13. The second-order valence-corrected chi connectivity index (χ2v) is 8.84. The van der Waals surface area contributed by atoms with Crippen LogP contribution in [0.3, 0.4) is 0 Å². The number of guanidine groups is 1. The minimum atomic E-state index is -3.54. The van der Waals surface area contributed by atoms with Crippen molar-refractivity contribution in [2.45, 2.75) is 24.0 Å². The summed E-state index contributed by atoms with van der Waals surface area (Å²) >= 11 is 0. The van der Waals surface area contributed by atoms with Crippen molar-refractivity contribution in [1.82, 2.24) is 14.9 Å². The SMILES string of the molecule is CN=C(NCCNS(=O)(=O)c1ccccc1)N1CC(C)OC(c2ccc(F)cc2)C1.I. The molecule has 0 amide bonds. The molecule has 31 heavy (non-hydrogen) atoms. The molecule has 0 aliphatic carbocycles. The topological polar surface area (TPSA) is 83.0 Å². The number of aliphatic imine (C=N–C) groups is 1. The Bertz CT molecular complexity index is 958. The summed E-state index contributed by atoms with van der Waals surface area (Å²) in [6.07, 6.45) is -0.242. The van der Waals surface area contributed by atoms with E-state index in [1.165, 1.54) is 12.1 Å². The molecule has 0 radical (unpaired) electrons. The zero-order valence-electron chi connectivity index (χ0n) is 17.5. The Labute approximate surface area is 200 Å². The highest BCUT2D eigenvalue weighted by molar-refractivity contribution is 14.0. The molecule has 0 spiro atoms. The molecule has 3 rings (SSSR count). The van der Waals surface area contributed by atoms with Gasteiger partial charge in [0.1, 0.15) is 11.9 Å². The quantitative estimate of drug-likeness (QED) is 0.245. The van der Waals surface area contributed by atoms with Crippen molar-refractivity contribution >= 4 is 40.0 Å². The highest BCUT2D eigenvalue weighted by Crippen LogP contribution is 2.25. The Morgan fingerprint density at radius 3 is 2.45 bits per heavy atom. The predicted octanol–water partition coefficient (Wildman–Crippen LogP) is 2.76. The van der Waals surface area contributed by atoms with Gasteiger partial charge in [0.2, 0.25) is 10.0 Å². The lowest BCUT2D eigenvalue weighted by Gasteiger charge is -2.38. The molecule has 2 aromatic carbocycles. The number of hydrogen-bond acceptors (Lipinski definition) is 4. The highest BCUT2D eigenvalue weighted by Gasteiger charge is 2.28. The molecule has 1 heterocycles. The van der Waals surface area contributed by atoms with Crippen LogP contribution < -0.4 is 10.0 Å². The molecule has 1 aliphatic rings. The number of nitrogens with zero attached hydrogens (tertiary/aromatic N) is 2. The number of benzene rings is 2. The molecular weight excluding hydrogens is 534 g/mol. The zero-order chi connectivity index (χ0) is 21.6. The first-order valence-corrected chi connectivity index (χ1v) is 11.3. The van der Waals surface area contributed by atoms with Crippen LogP contribution in [0.5, 0.6) is 0 Å². The van der Waals surface area contributed by atoms with E-state index >= 15 is 0 Å². The molecule has 2 aromatic rings. The summed E-state index contributed by atoms with van der Waals surface area (Å²) in [6.45, 7) is 3.78. The van der Waals surface area contributed by atoms with Gasteiger partial charge in [0.15, 0.2) is 5.96 Å². The number of rotatable bonds is 6. The van der Waals surface area contributed by atoms with E-state index in [0.717, 1.165) is 5.56 Å². The van der Waals surface area contributed by atoms with E-state index in [-0.39, 0.29) is 53.4 Å². The predicted molar refractivity (Wildman–Crippen MR) is 130 cm³/mol. The van der Waals surface area contributed by atoms with Crippen LogP contribution in [-0.4, -0.2) is 58.6 Å². The van der Waals surface area contributed by atoms with Gasteiger partial charge < -0.3 is 15.0 Å². The van der Waals surface area contributed by atoms with Crippen LogP contribution in [0.2, 0.25) is 0 Å². The van der Waals surface area contributed by atoms with Crippen molar-refractivity contribution < 1.29 is 17.5 Å². The molecule has 2 atom stereocenters. The van der Waals surface area contributed by atoms with Crippen molar-refractivity contribution in [2.75, 3.05) is 33.2 Å². The van der Waals surface area contributed by atoms with Crippen LogP contribution in [-0.2, 0) is 14.8 Å². The fourth-order valence-electron chi connectivity index (χ4n) is 3.36. The molecule has 170 valence electrons. The third-order valence-corrected chi connectivity index (χ3v) is 6.24. The van der Waals surface area contributed by atoms with Gasteiger partial charge in [-0.3, -0.25) is 4.99 Å². The molecule has 0 bridgehead atoms. The number of sulfonamides is 1. The van der Waals surface area contributed by atoms with E-state index in [2.05, 4.69) is 19.9 Å². The largest absolute Gasteiger partial charge is 0.367 e. The van der Waals surface area contributed by atoms with E-state index in [1.54, 1.807) is 49.5 Å². The molecular formula is C21H28FIN4O3S. The summed E-state index contributed by atoms with van der Waals surface area (Å²) in [4.78, 5) is 6.62. The molecule has 0 aromatic heterocycles. The maximum Gasteiger partial charge on any atom is 0.240 e. The Morgan fingerprint density at radius 2 is 1.81 bits per heavy atom. The molecule has 2 N–H and O–H groups in total. The molecule has 10 heteroatoms. The number of hydrogen-bond donors (Lipinski definition) is 2. The normalized spacial score (nSPS) is 19.6. The smallest absolute Gasteiger partial charge is 0.240 e. The van der Waals surface area contributed by atoms with E-state index in [9.17, 15) is 12.8 Å². The van der Waals surface area contributed by atoms with Gasteiger partial charge in [0.25, 0.3) is 0 Å². The lowest BCUT2D eigenvalue weighted by atomic mass is 10.1. The summed E-state index contributed by atoms with van der Waals surface area (Å²) in [5.74, 6) is 0.381. The molecule has 1 saturated heterocycles. The monoisotopic (exact) mass is 562 g/mol. The number of halogens is 2. The number of nitrogens with one attached hydrogen (secondary N) is 2. The summed E-state index contributed by atoms with van der Waals surface area (Å²) in [6, 6.07) is 14.6. The molecule has 0 saturated carbocycles. The van der Waals surface area contributed by atoms with E-state index < -0.39 is 10.0 Å². The average Bonchev–Trinajstić information content (AvgIpc) is 2.74. The first-order chi connectivity index (χ1) is 14.4. The van der Waals surface area contributed by atoms with Crippen LogP contribution in [0.25, 0.3) is 0 Å². The average molecular weight is 562 g/mol. The second kappa shape index (κ2) is 11.7. The van der Waals surface area contributed by atoms with Crippen LogP contribution in [0.15, 0.2) is 64.5 Å². The Hall–Kier alpha value is -1.76. The van der Waals surface area contributed by atoms with Crippen molar-refractivity contribution in [1.29, 1.82) is 0 Å². The van der Waals surface area contributed by atoms with Crippen LogP contribution in [0, 0.1) is 5.82 Å². The molecule has 7 nitrogen and oxygen atoms in total. The lowest BCUT2D eigenvalue weighted by molar-refractivity contribution is -0.0604. The van der Waals surface area contributed by atoms with Crippen molar-refractivity contribution in [2.24, 2.45) is 4.99 Å². The highest BCUT2D eigenvalue weighted by atomic mass is 127. The Morgan fingerprint density at radius 1 is 1.13 bits per heavy atom. The second-order valence-electron chi connectivity index (χ2n) is 7.08. The van der Waals surface area contributed by atoms with Gasteiger partial charge in [-0.15, -0.1) is 24.0 Å². The van der Waals surface area contributed by atoms with Gasteiger partial charge >= 0.3 is 0 Å². The standard InChI is InChI=1S/C21H27FN4O3S.HI/c1-16-14-26(15-20(29-16)17-8-10-18(22)11-9-17)21(23-2)24-12-13-25-30(27,28)19-6-4-3-5-7-19;/h3-11,16,20,25H,12-15H2,1-2H3,(H,23,24);1H. The molecule has 1 fully saturated rings. The van der Waals surface area contributed by atoms with Gasteiger partial charge in [-0.2, -0.15) is 0 Å². The van der Waals surface area contributed by atoms with Gasteiger partial charge in [0.05, 0.1) is 17.5 Å². The van der Waals surface area contributed by atoms with Crippen molar-refractivity contribution in [3.63, 3.8) is 0 Å². The van der Waals surface area contributed by atoms with Gasteiger partial charge in [-0.05, 0) is 36.8 Å². The maximum absolute atomic E-state index is 13.2. The van der Waals surface area contributed by atoms with Crippen LogP contribution in [0.4, 0.5) is 4.39 Å². The first kappa shape index (κ1) is 25.5. The fraction of sp³-hybridized carbons (Fsp3) is 0.381. The van der Waals surface area contributed by atoms with Gasteiger partial charge in [-0.25, -0.2) is 17.5 Å². The molecule has 2 unspecified atom stereocenters. The van der Waals surface area contributed by atoms with Crippen LogP contribution in [0.1, 0.15) is 18.6 Å². The summed E-state index contributed by atoms with van der Waals surface area (Å²) in [7, 11) is -1.86. The maximum atomic E-state index is 13.2. The van der Waals surface area contributed by atoms with Crippen molar-refractivity contribution in [3.8, 4) is 0 Å². The zero-order valence-corrected chi connectivity index (χ0v) is 20.6. The fourth-order valence-corrected chi connectivity index (χ4v) is 4.41. The Kier molecular flexibility index (Phi) is 9.66. The third-order valence-electron chi connectivity index (χ3n) is 4.77. The number of morpholine rings is 1. The minimum absolute atomic E-state index is 0. The Balaban J connectivity index is 0.00000341. The summed E-state index contributed by atoms with van der Waals surface area (Å²) in [5.41, 5.74) is 0.902. The van der Waals surface area contributed by atoms with Crippen molar-refractivity contribution in [3.05, 3.63) is 66.0 Å². The van der Waals surface area contributed by atoms with Gasteiger partial charge in [0, 0.05) is 26.7 Å². The minimum Gasteiger partial charge on any atom is -0.367 e. The van der Waals surface area contributed by atoms with E-state index in [1.807, 2.05) is 6.92 Å². The van der Waals surface area contributed by atoms with E-state index in [0.29, 0.717) is 25.6 Å². The summed E-state index contributed by atoms with van der Waals surface area (Å²) in [5, 5.41) is 3.20. The molecule has 1 aliphatic heterocycles.